The Morgan fingerprint density at radius 1 is 0.941 bits per heavy atom. The molecule has 0 N–H and O–H groups in total. The van der Waals surface area contributed by atoms with Crippen molar-refractivity contribution in [1.82, 2.24) is 0 Å². The number of ether oxygens (including phenoxy) is 2. The van der Waals surface area contributed by atoms with Gasteiger partial charge in [-0.2, -0.15) is 0 Å². The van der Waals surface area contributed by atoms with Crippen molar-refractivity contribution < 1.29 is 9.47 Å². The van der Waals surface area contributed by atoms with Gasteiger partial charge in [-0.3, -0.25) is 0 Å². The van der Waals surface area contributed by atoms with Crippen molar-refractivity contribution in [3.8, 4) is 11.5 Å². The Balaban J connectivity index is 3.13. The normalized spacial score (nSPS) is 10.1. The lowest BCUT2D eigenvalue weighted by Gasteiger charge is -2.25. The number of para-hydroxylation sites is 1. The van der Waals surface area contributed by atoms with Crippen LogP contribution in [0.3, 0.4) is 0 Å². The van der Waals surface area contributed by atoms with Crippen LogP contribution in [0.4, 0.5) is 5.69 Å². The molecular weight excluding hydrogens is 214 g/mol. The van der Waals surface area contributed by atoms with Gasteiger partial charge in [0, 0.05) is 13.1 Å². The average Bonchev–Trinajstić information content (AvgIpc) is 2.34. The molecule has 0 amide bonds. The van der Waals surface area contributed by atoms with Crippen LogP contribution in [0.5, 0.6) is 11.5 Å². The van der Waals surface area contributed by atoms with E-state index in [9.17, 15) is 0 Å². The van der Waals surface area contributed by atoms with Crippen molar-refractivity contribution in [3.63, 3.8) is 0 Å². The monoisotopic (exact) mass is 237 g/mol. The summed E-state index contributed by atoms with van der Waals surface area (Å²) in [6.45, 7) is 11.5. The summed E-state index contributed by atoms with van der Waals surface area (Å²) in [6.07, 6.45) is 0. The molecule has 0 bridgehead atoms. The first-order valence-electron chi connectivity index (χ1n) is 6.41. The number of nitrogens with zero attached hydrogens (tertiary/aromatic N) is 1. The summed E-state index contributed by atoms with van der Waals surface area (Å²) < 4.78 is 11.4. The zero-order valence-electron chi connectivity index (χ0n) is 11.3. The van der Waals surface area contributed by atoms with Crippen LogP contribution in [-0.4, -0.2) is 26.3 Å². The van der Waals surface area contributed by atoms with Gasteiger partial charge in [-0.05, 0) is 39.8 Å². The van der Waals surface area contributed by atoms with Crippen LogP contribution in [0.15, 0.2) is 18.2 Å². The summed E-state index contributed by atoms with van der Waals surface area (Å²) in [7, 11) is 0. The van der Waals surface area contributed by atoms with E-state index >= 15 is 0 Å². The summed E-state index contributed by atoms with van der Waals surface area (Å²) in [6, 6.07) is 6.06. The molecule has 17 heavy (non-hydrogen) atoms. The molecule has 0 heterocycles. The summed E-state index contributed by atoms with van der Waals surface area (Å²) in [5.41, 5.74) is 1.11. The van der Waals surface area contributed by atoms with Gasteiger partial charge in [-0.25, -0.2) is 0 Å². The Morgan fingerprint density at radius 3 is 2.12 bits per heavy atom. The molecule has 0 aliphatic heterocycles. The SMILES string of the molecule is CCOc1cccc(N(CC)CC)c1OCC. The number of hydrogen-bond donors (Lipinski definition) is 0. The number of hydrogen-bond acceptors (Lipinski definition) is 3. The number of rotatable bonds is 7. The van der Waals surface area contributed by atoms with E-state index in [2.05, 4.69) is 24.8 Å². The highest BCUT2D eigenvalue weighted by atomic mass is 16.5. The second-order valence-electron chi connectivity index (χ2n) is 3.64. The summed E-state index contributed by atoms with van der Waals surface area (Å²) in [4.78, 5) is 2.27. The lowest BCUT2D eigenvalue weighted by atomic mass is 10.2. The molecule has 0 radical (unpaired) electrons. The fourth-order valence-corrected chi connectivity index (χ4v) is 1.88. The van der Waals surface area contributed by atoms with Crippen molar-refractivity contribution in [2.75, 3.05) is 31.2 Å². The van der Waals surface area contributed by atoms with Crippen LogP contribution in [0.2, 0.25) is 0 Å². The molecule has 96 valence electrons. The summed E-state index contributed by atoms with van der Waals surface area (Å²) in [5, 5.41) is 0. The molecule has 0 saturated heterocycles. The first-order chi connectivity index (χ1) is 8.28. The van der Waals surface area contributed by atoms with Crippen molar-refractivity contribution in [1.29, 1.82) is 0 Å². The van der Waals surface area contributed by atoms with Crippen LogP contribution in [-0.2, 0) is 0 Å². The molecule has 1 rings (SSSR count). The van der Waals surface area contributed by atoms with Crippen molar-refractivity contribution in [2.45, 2.75) is 27.7 Å². The van der Waals surface area contributed by atoms with Crippen molar-refractivity contribution >= 4 is 5.69 Å². The van der Waals surface area contributed by atoms with E-state index in [1.807, 2.05) is 26.0 Å². The zero-order chi connectivity index (χ0) is 12.7. The van der Waals surface area contributed by atoms with E-state index < -0.39 is 0 Å². The fraction of sp³-hybridized carbons (Fsp3) is 0.571. The van der Waals surface area contributed by atoms with E-state index in [1.165, 1.54) is 0 Å². The molecule has 0 spiro atoms. The molecule has 1 aromatic rings. The van der Waals surface area contributed by atoms with Crippen LogP contribution >= 0.6 is 0 Å². The molecule has 0 aliphatic rings. The molecule has 0 aromatic heterocycles. The van der Waals surface area contributed by atoms with Gasteiger partial charge in [0.15, 0.2) is 11.5 Å². The van der Waals surface area contributed by atoms with Gasteiger partial charge in [-0.15, -0.1) is 0 Å². The average molecular weight is 237 g/mol. The minimum absolute atomic E-state index is 0.651. The Bertz CT molecular complexity index is 335. The second-order valence-corrected chi connectivity index (χ2v) is 3.64. The first-order valence-corrected chi connectivity index (χ1v) is 6.41. The van der Waals surface area contributed by atoms with Crippen molar-refractivity contribution in [2.24, 2.45) is 0 Å². The maximum absolute atomic E-state index is 5.74. The molecule has 3 nitrogen and oxygen atoms in total. The van der Waals surface area contributed by atoms with Gasteiger partial charge in [0.1, 0.15) is 0 Å². The molecule has 3 heteroatoms. The van der Waals surface area contributed by atoms with E-state index in [1.54, 1.807) is 0 Å². The second kappa shape index (κ2) is 7.05. The molecule has 0 unspecified atom stereocenters. The first kappa shape index (κ1) is 13.7. The smallest absolute Gasteiger partial charge is 0.184 e. The van der Waals surface area contributed by atoms with E-state index in [0.717, 1.165) is 30.3 Å². The van der Waals surface area contributed by atoms with Crippen LogP contribution in [0.1, 0.15) is 27.7 Å². The molecule has 0 aliphatic carbocycles. The molecular formula is C14H23NO2. The minimum Gasteiger partial charge on any atom is -0.490 e. The highest BCUT2D eigenvalue weighted by Crippen LogP contribution is 2.37. The maximum atomic E-state index is 5.74. The predicted molar refractivity (Wildman–Crippen MR) is 72.3 cm³/mol. The van der Waals surface area contributed by atoms with Gasteiger partial charge in [0.2, 0.25) is 0 Å². The van der Waals surface area contributed by atoms with Gasteiger partial charge in [-0.1, -0.05) is 6.07 Å². The number of benzene rings is 1. The van der Waals surface area contributed by atoms with E-state index in [0.29, 0.717) is 13.2 Å². The van der Waals surface area contributed by atoms with Crippen LogP contribution < -0.4 is 14.4 Å². The molecule has 0 fully saturated rings. The standard InChI is InChI=1S/C14H23NO2/c1-5-15(6-2)12-10-9-11-13(16-7-3)14(12)17-8-4/h9-11H,5-8H2,1-4H3. The van der Waals surface area contributed by atoms with Crippen molar-refractivity contribution in [3.05, 3.63) is 18.2 Å². The lowest BCUT2D eigenvalue weighted by Crippen LogP contribution is -2.22. The predicted octanol–water partition coefficient (Wildman–Crippen LogP) is 3.33. The molecule has 1 aromatic carbocycles. The zero-order valence-corrected chi connectivity index (χ0v) is 11.3. The summed E-state index contributed by atoms with van der Waals surface area (Å²) in [5.74, 6) is 1.69. The largest absolute Gasteiger partial charge is 0.490 e. The van der Waals surface area contributed by atoms with Gasteiger partial charge in [0.25, 0.3) is 0 Å². The minimum atomic E-state index is 0.651. The maximum Gasteiger partial charge on any atom is 0.184 e. The highest BCUT2D eigenvalue weighted by molar-refractivity contribution is 5.64. The van der Waals surface area contributed by atoms with Crippen LogP contribution in [0.25, 0.3) is 0 Å². The Labute approximate surface area is 104 Å². The van der Waals surface area contributed by atoms with Gasteiger partial charge in [0.05, 0.1) is 18.9 Å². The molecule has 0 atom stereocenters. The van der Waals surface area contributed by atoms with Crippen LogP contribution in [0, 0.1) is 0 Å². The molecule has 0 saturated carbocycles. The lowest BCUT2D eigenvalue weighted by molar-refractivity contribution is 0.288. The van der Waals surface area contributed by atoms with E-state index in [4.69, 9.17) is 9.47 Å². The summed E-state index contributed by atoms with van der Waals surface area (Å²) >= 11 is 0. The Hall–Kier alpha value is -1.38. The third-order valence-electron chi connectivity index (χ3n) is 2.65. The quantitative estimate of drug-likeness (QED) is 0.726. The Kier molecular flexibility index (Phi) is 5.67. The van der Waals surface area contributed by atoms with Gasteiger partial charge < -0.3 is 14.4 Å². The third-order valence-corrected chi connectivity index (χ3v) is 2.65. The van der Waals surface area contributed by atoms with E-state index in [-0.39, 0.29) is 0 Å². The highest BCUT2D eigenvalue weighted by Gasteiger charge is 2.14. The fourth-order valence-electron chi connectivity index (χ4n) is 1.88. The number of anilines is 1. The third kappa shape index (κ3) is 3.29. The topological polar surface area (TPSA) is 21.7 Å². The Morgan fingerprint density at radius 2 is 1.59 bits per heavy atom. The van der Waals surface area contributed by atoms with Gasteiger partial charge >= 0.3 is 0 Å².